The van der Waals surface area contributed by atoms with Crippen LogP contribution in [0.25, 0.3) is 0 Å². The molecule has 6 heteroatoms. The Hall–Kier alpha value is -0.420. The van der Waals surface area contributed by atoms with Crippen LogP contribution in [-0.4, -0.2) is 12.1 Å². The van der Waals surface area contributed by atoms with Gasteiger partial charge >= 0.3 is 0 Å². The molecule has 0 fully saturated rings. The highest BCUT2D eigenvalue weighted by Crippen LogP contribution is 2.38. The molecule has 0 aliphatic rings. The molecule has 0 spiro atoms. The first-order valence-corrected chi connectivity index (χ1v) is 4.41. The van der Waals surface area contributed by atoms with Crippen molar-refractivity contribution in [3.05, 3.63) is 21.4 Å². The van der Waals surface area contributed by atoms with Gasteiger partial charge in [-0.1, -0.05) is 11.6 Å². The van der Waals surface area contributed by atoms with E-state index in [0.29, 0.717) is 4.47 Å². The topological polar surface area (TPSA) is 22.1 Å². The van der Waals surface area contributed by atoms with Gasteiger partial charge in [0.1, 0.15) is 10.9 Å². The Labute approximate surface area is 87.0 Å². The van der Waals surface area contributed by atoms with E-state index in [9.17, 15) is 8.78 Å². The van der Waals surface area contributed by atoms with Gasteiger partial charge in [0, 0.05) is 6.20 Å². The van der Waals surface area contributed by atoms with Crippen LogP contribution in [0.3, 0.4) is 0 Å². The Morgan fingerprint density at radius 2 is 2.23 bits per heavy atom. The van der Waals surface area contributed by atoms with Crippen LogP contribution < -0.4 is 4.74 Å². The molecule has 13 heavy (non-hydrogen) atoms. The maximum atomic E-state index is 12.4. The molecule has 0 atom stereocenters. The van der Waals surface area contributed by atoms with Gasteiger partial charge in [0.15, 0.2) is 0 Å². The van der Waals surface area contributed by atoms with Crippen LogP contribution in [0, 0.1) is 0 Å². The van der Waals surface area contributed by atoms with Crippen LogP contribution in [0.4, 0.5) is 8.78 Å². The predicted octanol–water partition coefficient (Wildman–Crippen LogP) is 3.44. The summed E-state index contributed by atoms with van der Waals surface area (Å²) >= 11 is 8.51. The molecule has 0 aromatic carbocycles. The number of hydrogen-bond donors (Lipinski definition) is 0. The Bertz CT molecular complexity index is 322. The van der Waals surface area contributed by atoms with Crippen molar-refractivity contribution in [2.75, 3.05) is 7.11 Å². The van der Waals surface area contributed by atoms with Gasteiger partial charge in [0.2, 0.25) is 0 Å². The minimum Gasteiger partial charge on any atom is -0.495 e. The van der Waals surface area contributed by atoms with Crippen LogP contribution >= 0.6 is 27.5 Å². The van der Waals surface area contributed by atoms with Crippen molar-refractivity contribution in [2.24, 2.45) is 0 Å². The monoisotopic (exact) mass is 271 g/mol. The summed E-state index contributed by atoms with van der Waals surface area (Å²) in [5.41, 5.74) is -0.390. The number of methoxy groups -OCH3 is 1. The summed E-state index contributed by atoms with van der Waals surface area (Å²) in [7, 11) is 1.29. The number of pyridine rings is 1. The molecular weight excluding hydrogens is 267 g/mol. The van der Waals surface area contributed by atoms with E-state index in [0.717, 1.165) is 0 Å². The standard InChI is InChI=1S/C7H5BrClF2NO/c1-13-5-3(8)2-12-6(9)4(5)7(10)11/h2,7H,1H3. The first kappa shape index (κ1) is 10.7. The largest absolute Gasteiger partial charge is 0.495 e. The van der Waals surface area contributed by atoms with Crippen molar-refractivity contribution in [2.45, 2.75) is 6.43 Å². The van der Waals surface area contributed by atoms with Crippen molar-refractivity contribution in [3.63, 3.8) is 0 Å². The summed E-state index contributed by atoms with van der Waals surface area (Å²) < 4.78 is 30.0. The van der Waals surface area contributed by atoms with E-state index in [1.807, 2.05) is 0 Å². The molecule has 0 N–H and O–H groups in total. The highest BCUT2D eigenvalue weighted by molar-refractivity contribution is 9.10. The number of halogens is 4. The Kier molecular flexibility index (Phi) is 3.44. The smallest absolute Gasteiger partial charge is 0.270 e. The number of hydrogen-bond acceptors (Lipinski definition) is 2. The molecule has 0 amide bonds. The highest BCUT2D eigenvalue weighted by atomic mass is 79.9. The van der Waals surface area contributed by atoms with Gasteiger partial charge in [-0.15, -0.1) is 0 Å². The SMILES string of the molecule is COc1c(Br)cnc(Cl)c1C(F)F. The lowest BCUT2D eigenvalue weighted by Crippen LogP contribution is -1.96. The van der Waals surface area contributed by atoms with Gasteiger partial charge in [0.05, 0.1) is 17.1 Å². The third-order valence-electron chi connectivity index (χ3n) is 1.40. The van der Waals surface area contributed by atoms with E-state index in [-0.39, 0.29) is 10.9 Å². The highest BCUT2D eigenvalue weighted by Gasteiger charge is 2.21. The maximum absolute atomic E-state index is 12.4. The van der Waals surface area contributed by atoms with Gasteiger partial charge in [-0.05, 0) is 15.9 Å². The summed E-state index contributed by atoms with van der Waals surface area (Å²) in [5.74, 6) is 0.0231. The molecule has 0 radical (unpaired) electrons. The molecule has 0 aliphatic heterocycles. The van der Waals surface area contributed by atoms with Crippen LogP contribution in [0.15, 0.2) is 10.7 Å². The lowest BCUT2D eigenvalue weighted by Gasteiger charge is -2.09. The van der Waals surface area contributed by atoms with E-state index in [1.54, 1.807) is 0 Å². The summed E-state index contributed by atoms with van der Waals surface area (Å²) in [6.45, 7) is 0. The molecule has 0 saturated heterocycles. The first-order valence-electron chi connectivity index (χ1n) is 3.24. The summed E-state index contributed by atoms with van der Waals surface area (Å²) in [6, 6.07) is 0. The molecule has 1 aromatic heterocycles. The Morgan fingerprint density at radius 3 is 2.62 bits per heavy atom. The van der Waals surface area contributed by atoms with Crippen LogP contribution in [-0.2, 0) is 0 Å². The fourth-order valence-corrected chi connectivity index (χ4v) is 1.56. The summed E-state index contributed by atoms with van der Waals surface area (Å²) in [6.07, 6.45) is -1.39. The van der Waals surface area contributed by atoms with E-state index < -0.39 is 12.0 Å². The normalized spacial score (nSPS) is 10.6. The number of alkyl halides is 2. The van der Waals surface area contributed by atoms with E-state index in [1.165, 1.54) is 13.3 Å². The number of ether oxygens (including phenoxy) is 1. The molecule has 0 bridgehead atoms. The lowest BCUT2D eigenvalue weighted by molar-refractivity contribution is 0.146. The van der Waals surface area contributed by atoms with Crippen molar-refractivity contribution in [3.8, 4) is 5.75 Å². The zero-order chi connectivity index (χ0) is 10.0. The van der Waals surface area contributed by atoms with Crippen LogP contribution in [0.2, 0.25) is 5.15 Å². The fourth-order valence-electron chi connectivity index (χ4n) is 0.860. The first-order chi connectivity index (χ1) is 6.07. The number of nitrogens with zero attached hydrogens (tertiary/aromatic N) is 1. The second kappa shape index (κ2) is 4.19. The van der Waals surface area contributed by atoms with Crippen molar-refractivity contribution >= 4 is 27.5 Å². The third-order valence-corrected chi connectivity index (χ3v) is 2.26. The minimum absolute atomic E-state index is 0.0231. The van der Waals surface area contributed by atoms with E-state index in [4.69, 9.17) is 16.3 Å². The average molecular weight is 272 g/mol. The zero-order valence-corrected chi connectivity index (χ0v) is 8.86. The van der Waals surface area contributed by atoms with Crippen LogP contribution in [0.1, 0.15) is 12.0 Å². The molecule has 1 heterocycles. The summed E-state index contributed by atoms with van der Waals surface area (Å²) in [5, 5.41) is -0.241. The maximum Gasteiger partial charge on any atom is 0.270 e. The average Bonchev–Trinajstić information content (AvgIpc) is 2.07. The van der Waals surface area contributed by atoms with Crippen molar-refractivity contribution in [1.82, 2.24) is 4.98 Å². The lowest BCUT2D eigenvalue weighted by atomic mass is 10.2. The molecule has 2 nitrogen and oxygen atoms in total. The van der Waals surface area contributed by atoms with E-state index in [2.05, 4.69) is 20.9 Å². The fraction of sp³-hybridized carbons (Fsp3) is 0.286. The summed E-state index contributed by atoms with van der Waals surface area (Å²) in [4.78, 5) is 3.57. The Morgan fingerprint density at radius 1 is 1.62 bits per heavy atom. The zero-order valence-electron chi connectivity index (χ0n) is 6.52. The van der Waals surface area contributed by atoms with Gasteiger partial charge < -0.3 is 4.74 Å². The molecule has 1 rings (SSSR count). The third kappa shape index (κ3) is 2.08. The Balaban J connectivity index is 3.35. The second-order valence-corrected chi connectivity index (χ2v) is 3.36. The van der Waals surface area contributed by atoms with Crippen molar-refractivity contribution < 1.29 is 13.5 Å². The molecular formula is C7H5BrClF2NO. The molecule has 0 aliphatic carbocycles. The van der Waals surface area contributed by atoms with Gasteiger partial charge in [0.25, 0.3) is 6.43 Å². The van der Waals surface area contributed by atoms with E-state index >= 15 is 0 Å². The second-order valence-electron chi connectivity index (χ2n) is 2.14. The molecule has 0 saturated carbocycles. The predicted molar refractivity (Wildman–Crippen MR) is 48.5 cm³/mol. The van der Waals surface area contributed by atoms with Crippen LogP contribution in [0.5, 0.6) is 5.75 Å². The van der Waals surface area contributed by atoms with Crippen molar-refractivity contribution in [1.29, 1.82) is 0 Å². The molecule has 1 aromatic rings. The van der Waals surface area contributed by atoms with Gasteiger partial charge in [-0.25, -0.2) is 13.8 Å². The number of aromatic nitrogens is 1. The minimum atomic E-state index is -2.70. The van der Waals surface area contributed by atoms with Gasteiger partial charge in [-0.3, -0.25) is 0 Å². The molecule has 72 valence electrons. The molecule has 0 unspecified atom stereocenters. The quantitative estimate of drug-likeness (QED) is 0.769. The van der Waals surface area contributed by atoms with Gasteiger partial charge in [-0.2, -0.15) is 0 Å². The number of rotatable bonds is 2.